The van der Waals surface area contributed by atoms with Gasteiger partial charge in [0.1, 0.15) is 5.15 Å². The third-order valence-electron chi connectivity index (χ3n) is 4.03. The number of aromatic nitrogens is 2. The van der Waals surface area contributed by atoms with Gasteiger partial charge in [-0.15, -0.1) is 0 Å². The van der Waals surface area contributed by atoms with E-state index < -0.39 is 5.60 Å². The molecule has 0 radical (unpaired) electrons. The lowest BCUT2D eigenvalue weighted by Gasteiger charge is -2.37. The van der Waals surface area contributed by atoms with Gasteiger partial charge in [0, 0.05) is 43.3 Å². The number of anilines is 1. The molecule has 2 aromatic rings. The topological polar surface area (TPSA) is 49.2 Å². The summed E-state index contributed by atoms with van der Waals surface area (Å²) in [6, 6.07) is 5.62. The number of rotatable bonds is 1. The minimum atomic E-state index is -0.588. The lowest BCUT2D eigenvalue weighted by molar-refractivity contribution is 0.0351. The monoisotopic (exact) mass is 327 g/mol. The van der Waals surface area contributed by atoms with E-state index in [1.54, 1.807) is 18.6 Å². The average molecular weight is 328 g/mol. The van der Waals surface area contributed by atoms with Gasteiger partial charge in [-0.3, -0.25) is 4.98 Å². The summed E-state index contributed by atoms with van der Waals surface area (Å²) in [7, 11) is 0. The zero-order valence-electron chi connectivity index (χ0n) is 13.0. The fourth-order valence-corrected chi connectivity index (χ4v) is 2.74. The van der Waals surface area contributed by atoms with Crippen molar-refractivity contribution in [2.24, 2.45) is 0 Å². The Hall–Kier alpha value is -2.09. The Labute approximate surface area is 141 Å². The van der Waals surface area contributed by atoms with Crippen molar-refractivity contribution in [3.8, 4) is 11.8 Å². The number of pyridine rings is 2. The van der Waals surface area contributed by atoms with Crippen molar-refractivity contribution in [3.63, 3.8) is 0 Å². The smallest absolute Gasteiger partial charge is 0.131 e. The van der Waals surface area contributed by atoms with E-state index in [4.69, 9.17) is 11.6 Å². The second-order valence-electron chi connectivity index (χ2n) is 6.00. The molecule has 4 nitrogen and oxygen atoms in total. The molecule has 1 aliphatic heterocycles. The van der Waals surface area contributed by atoms with Crippen LogP contribution in [0.25, 0.3) is 0 Å². The van der Waals surface area contributed by atoms with Crippen molar-refractivity contribution in [1.82, 2.24) is 9.97 Å². The summed E-state index contributed by atoms with van der Waals surface area (Å²) in [5.74, 6) is 6.26. The Bertz CT molecular complexity index is 740. The van der Waals surface area contributed by atoms with E-state index in [-0.39, 0.29) is 0 Å². The van der Waals surface area contributed by atoms with Crippen LogP contribution in [0, 0.1) is 11.8 Å². The first-order chi connectivity index (χ1) is 11.0. The van der Waals surface area contributed by atoms with Crippen LogP contribution in [0.4, 0.5) is 5.69 Å². The Balaban J connectivity index is 1.89. The van der Waals surface area contributed by atoms with E-state index in [0.29, 0.717) is 5.15 Å². The molecule has 0 unspecified atom stereocenters. The molecule has 1 fully saturated rings. The number of hydrogen-bond acceptors (Lipinski definition) is 4. The zero-order chi connectivity index (χ0) is 16.3. The van der Waals surface area contributed by atoms with Crippen molar-refractivity contribution in [2.45, 2.75) is 25.4 Å². The highest BCUT2D eigenvalue weighted by atomic mass is 35.5. The number of nitrogens with zero attached hydrogens (tertiary/aromatic N) is 3. The van der Waals surface area contributed by atoms with Gasteiger partial charge in [0.15, 0.2) is 0 Å². The lowest BCUT2D eigenvalue weighted by Crippen LogP contribution is -2.42. The van der Waals surface area contributed by atoms with Gasteiger partial charge in [0.25, 0.3) is 0 Å². The summed E-state index contributed by atoms with van der Waals surface area (Å²) in [6.07, 6.45) is 6.60. The second kappa shape index (κ2) is 6.57. The van der Waals surface area contributed by atoms with Crippen molar-refractivity contribution < 1.29 is 5.11 Å². The van der Waals surface area contributed by atoms with E-state index >= 15 is 0 Å². The van der Waals surface area contributed by atoms with E-state index in [2.05, 4.69) is 26.7 Å². The predicted molar refractivity (Wildman–Crippen MR) is 91.5 cm³/mol. The summed E-state index contributed by atoms with van der Waals surface area (Å²) in [4.78, 5) is 10.4. The highest BCUT2D eigenvalue weighted by Crippen LogP contribution is 2.29. The normalized spacial score (nSPS) is 16.6. The summed E-state index contributed by atoms with van der Waals surface area (Å²) in [5.41, 5.74) is 2.07. The molecule has 23 heavy (non-hydrogen) atoms. The van der Waals surface area contributed by atoms with E-state index in [1.807, 2.05) is 25.1 Å². The molecular weight excluding hydrogens is 310 g/mol. The van der Waals surface area contributed by atoms with Crippen LogP contribution in [0.2, 0.25) is 5.15 Å². The molecule has 3 heterocycles. The minimum absolute atomic E-state index is 0.448. The molecule has 0 aliphatic carbocycles. The van der Waals surface area contributed by atoms with Crippen molar-refractivity contribution >= 4 is 17.3 Å². The molecule has 0 saturated carbocycles. The molecule has 1 aliphatic rings. The largest absolute Gasteiger partial charge is 0.390 e. The van der Waals surface area contributed by atoms with Gasteiger partial charge in [-0.05, 0) is 31.9 Å². The van der Waals surface area contributed by atoms with Gasteiger partial charge in [0.2, 0.25) is 0 Å². The van der Waals surface area contributed by atoms with E-state index in [0.717, 1.165) is 42.7 Å². The van der Waals surface area contributed by atoms with Crippen LogP contribution in [-0.2, 0) is 0 Å². The fraction of sp³-hybridized carbons (Fsp3) is 0.333. The summed E-state index contributed by atoms with van der Waals surface area (Å²) in [5, 5.41) is 10.6. The molecule has 0 atom stereocenters. The summed E-state index contributed by atoms with van der Waals surface area (Å²) in [6.45, 7) is 3.43. The molecule has 0 spiro atoms. The summed E-state index contributed by atoms with van der Waals surface area (Å²) >= 11 is 6.06. The quantitative estimate of drug-likeness (QED) is 0.646. The van der Waals surface area contributed by atoms with Crippen LogP contribution >= 0.6 is 11.6 Å². The van der Waals surface area contributed by atoms with Crippen LogP contribution in [0.3, 0.4) is 0 Å². The number of hydrogen-bond donors (Lipinski definition) is 1. The highest BCUT2D eigenvalue weighted by molar-refractivity contribution is 6.29. The van der Waals surface area contributed by atoms with E-state index in [9.17, 15) is 5.11 Å². The predicted octanol–water partition coefficient (Wildman–Crippen LogP) is 2.88. The molecule has 3 rings (SSSR count). The summed E-state index contributed by atoms with van der Waals surface area (Å²) < 4.78 is 0. The van der Waals surface area contributed by atoms with Crippen LogP contribution in [0.15, 0.2) is 36.8 Å². The maximum Gasteiger partial charge on any atom is 0.131 e. The molecule has 0 aromatic carbocycles. The second-order valence-corrected chi connectivity index (χ2v) is 6.39. The Morgan fingerprint density at radius 3 is 2.74 bits per heavy atom. The van der Waals surface area contributed by atoms with Gasteiger partial charge < -0.3 is 10.0 Å². The maximum atomic E-state index is 10.1. The third-order valence-corrected chi connectivity index (χ3v) is 4.24. The third kappa shape index (κ3) is 4.01. The standard InChI is InChI=1S/C18H18ClN3O/c1-18(23)6-9-22(10-7-18)16-11-17(19)21-13-15(16)5-4-14-3-2-8-20-12-14/h2-3,8,11-13,23H,6-7,9-10H2,1H3. The van der Waals surface area contributed by atoms with Crippen molar-refractivity contribution in [3.05, 3.63) is 53.1 Å². The van der Waals surface area contributed by atoms with Crippen LogP contribution in [0.5, 0.6) is 0 Å². The molecule has 118 valence electrons. The molecule has 5 heteroatoms. The van der Waals surface area contributed by atoms with Gasteiger partial charge in [0.05, 0.1) is 16.9 Å². The van der Waals surface area contributed by atoms with Gasteiger partial charge >= 0.3 is 0 Å². The fourth-order valence-electron chi connectivity index (χ4n) is 2.58. The Kier molecular flexibility index (Phi) is 4.51. The van der Waals surface area contributed by atoms with Crippen LogP contribution in [0.1, 0.15) is 30.9 Å². The highest BCUT2D eigenvalue weighted by Gasteiger charge is 2.28. The minimum Gasteiger partial charge on any atom is -0.390 e. The van der Waals surface area contributed by atoms with E-state index in [1.165, 1.54) is 0 Å². The van der Waals surface area contributed by atoms with Crippen LogP contribution < -0.4 is 4.90 Å². The molecule has 1 saturated heterocycles. The molecular formula is C18H18ClN3O. The first-order valence-electron chi connectivity index (χ1n) is 7.58. The van der Waals surface area contributed by atoms with Crippen molar-refractivity contribution in [2.75, 3.05) is 18.0 Å². The SMILES string of the molecule is CC1(O)CCN(c2cc(Cl)ncc2C#Cc2cccnc2)CC1. The molecule has 2 aromatic heterocycles. The van der Waals surface area contributed by atoms with Gasteiger partial charge in [-0.1, -0.05) is 23.4 Å². The number of piperidine rings is 1. The van der Waals surface area contributed by atoms with Gasteiger partial charge in [-0.25, -0.2) is 4.98 Å². The number of aliphatic hydroxyl groups is 1. The molecule has 1 N–H and O–H groups in total. The van der Waals surface area contributed by atoms with Gasteiger partial charge in [-0.2, -0.15) is 0 Å². The maximum absolute atomic E-state index is 10.1. The first kappa shape index (κ1) is 15.8. The zero-order valence-corrected chi connectivity index (χ0v) is 13.7. The Morgan fingerprint density at radius 2 is 2.04 bits per heavy atom. The lowest BCUT2D eigenvalue weighted by atomic mass is 9.93. The Morgan fingerprint density at radius 1 is 1.26 bits per heavy atom. The molecule has 0 amide bonds. The average Bonchev–Trinajstić information content (AvgIpc) is 2.55. The molecule has 0 bridgehead atoms. The van der Waals surface area contributed by atoms with Crippen molar-refractivity contribution in [1.29, 1.82) is 0 Å². The number of halogens is 1. The first-order valence-corrected chi connectivity index (χ1v) is 7.96. The van der Waals surface area contributed by atoms with Crippen LogP contribution in [-0.4, -0.2) is 33.8 Å².